The summed E-state index contributed by atoms with van der Waals surface area (Å²) in [4.78, 5) is 12.5. The Bertz CT molecular complexity index is 1050. The van der Waals surface area contributed by atoms with Crippen LogP contribution in [0.1, 0.15) is 27.0 Å². The zero-order valence-corrected chi connectivity index (χ0v) is 15.4. The molecular formula is C24H18FNO2. The van der Waals surface area contributed by atoms with Gasteiger partial charge in [-0.25, -0.2) is 4.39 Å². The molecule has 0 bridgehead atoms. The Balaban J connectivity index is 1.71. The Morgan fingerprint density at radius 2 is 1.71 bits per heavy atom. The molecule has 0 heterocycles. The van der Waals surface area contributed by atoms with Gasteiger partial charge >= 0.3 is 0 Å². The van der Waals surface area contributed by atoms with Crippen molar-refractivity contribution in [2.24, 2.45) is 0 Å². The maximum atomic E-state index is 13.6. The number of rotatable bonds is 6. The van der Waals surface area contributed by atoms with E-state index in [9.17, 15) is 14.4 Å². The minimum absolute atomic E-state index is 0.0591. The molecule has 0 spiro atoms. The van der Waals surface area contributed by atoms with E-state index in [0.29, 0.717) is 22.4 Å². The maximum absolute atomic E-state index is 13.6. The molecule has 4 heteroatoms. The van der Waals surface area contributed by atoms with Gasteiger partial charge in [0, 0.05) is 11.1 Å². The van der Waals surface area contributed by atoms with Crippen LogP contribution in [0.4, 0.5) is 4.39 Å². The summed E-state index contributed by atoms with van der Waals surface area (Å²) in [6, 6.07) is 22.4. The summed E-state index contributed by atoms with van der Waals surface area (Å²) in [5.74, 6) is -0.0542. The van der Waals surface area contributed by atoms with Crippen LogP contribution < -0.4 is 4.74 Å². The van der Waals surface area contributed by atoms with Gasteiger partial charge in [-0.3, -0.25) is 4.79 Å². The lowest BCUT2D eigenvalue weighted by Gasteiger charge is -2.07. The van der Waals surface area contributed by atoms with E-state index in [0.717, 1.165) is 5.56 Å². The molecule has 3 rings (SSSR count). The van der Waals surface area contributed by atoms with Crippen molar-refractivity contribution in [3.63, 3.8) is 0 Å². The average molecular weight is 371 g/mol. The lowest BCUT2D eigenvalue weighted by molar-refractivity contribution is 0.104. The minimum Gasteiger partial charge on any atom is -0.489 e. The number of allylic oxidation sites excluding steroid dienone is 1. The number of halogens is 1. The molecule has 0 fully saturated rings. The number of Topliss-reactive ketones (excluding diaryl/α,β-unsaturated/α-hetero) is 1. The van der Waals surface area contributed by atoms with Gasteiger partial charge in [-0.05, 0) is 36.8 Å². The fourth-order valence-electron chi connectivity index (χ4n) is 2.61. The number of ketones is 1. The summed E-state index contributed by atoms with van der Waals surface area (Å²) in [7, 11) is 0. The largest absolute Gasteiger partial charge is 0.489 e. The molecule has 0 unspecified atom stereocenters. The van der Waals surface area contributed by atoms with Crippen molar-refractivity contribution < 1.29 is 13.9 Å². The molecule has 0 aliphatic heterocycles. The lowest BCUT2D eigenvalue weighted by atomic mass is 10.0. The zero-order valence-electron chi connectivity index (χ0n) is 15.4. The van der Waals surface area contributed by atoms with Crippen molar-refractivity contribution in [3.05, 3.63) is 106 Å². The van der Waals surface area contributed by atoms with Gasteiger partial charge in [0.1, 0.15) is 29.8 Å². The van der Waals surface area contributed by atoms with Gasteiger partial charge in [0.25, 0.3) is 0 Å². The van der Waals surface area contributed by atoms with E-state index in [1.807, 2.05) is 25.1 Å². The van der Waals surface area contributed by atoms with Crippen LogP contribution in [-0.4, -0.2) is 5.78 Å². The third-order valence-corrected chi connectivity index (χ3v) is 4.22. The minimum atomic E-state index is -0.317. The van der Waals surface area contributed by atoms with Gasteiger partial charge in [-0.15, -0.1) is 0 Å². The Morgan fingerprint density at radius 3 is 2.36 bits per heavy atom. The van der Waals surface area contributed by atoms with E-state index in [4.69, 9.17) is 4.74 Å². The SMILES string of the molecule is Cc1ccc(C(=O)C(C#N)=Cc2ccc(OCc3ccccc3F)cc2)cc1. The predicted molar refractivity (Wildman–Crippen MR) is 106 cm³/mol. The third kappa shape index (κ3) is 4.72. The first-order chi connectivity index (χ1) is 13.6. The summed E-state index contributed by atoms with van der Waals surface area (Å²) in [6.07, 6.45) is 1.54. The molecule has 0 N–H and O–H groups in total. The standard InChI is InChI=1S/C24H18FNO2/c1-17-6-10-19(11-7-17)24(27)21(15-26)14-18-8-12-22(13-9-18)28-16-20-4-2-3-5-23(20)25/h2-14H,16H2,1H3. The monoisotopic (exact) mass is 371 g/mol. The van der Waals surface area contributed by atoms with Crippen LogP contribution in [0.3, 0.4) is 0 Å². The number of aryl methyl sites for hydroxylation is 1. The Hall–Kier alpha value is -3.71. The van der Waals surface area contributed by atoms with Crippen molar-refractivity contribution in [1.29, 1.82) is 5.26 Å². The molecule has 0 saturated carbocycles. The van der Waals surface area contributed by atoms with Crippen LogP contribution >= 0.6 is 0 Å². The number of carbonyl (C=O) groups excluding carboxylic acids is 1. The smallest absolute Gasteiger partial charge is 0.203 e. The molecule has 28 heavy (non-hydrogen) atoms. The van der Waals surface area contributed by atoms with Gasteiger partial charge in [0.15, 0.2) is 0 Å². The summed E-state index contributed by atoms with van der Waals surface area (Å²) in [5, 5.41) is 9.37. The highest BCUT2D eigenvalue weighted by atomic mass is 19.1. The molecule has 0 saturated heterocycles. The van der Waals surface area contributed by atoms with E-state index in [1.165, 1.54) is 6.07 Å². The van der Waals surface area contributed by atoms with E-state index >= 15 is 0 Å². The van der Waals surface area contributed by atoms with Crippen LogP contribution in [0.25, 0.3) is 6.08 Å². The maximum Gasteiger partial charge on any atom is 0.203 e. The van der Waals surface area contributed by atoms with E-state index in [1.54, 1.807) is 60.7 Å². The van der Waals surface area contributed by atoms with Gasteiger partial charge in [0.2, 0.25) is 5.78 Å². The Morgan fingerprint density at radius 1 is 1.04 bits per heavy atom. The molecular weight excluding hydrogens is 353 g/mol. The van der Waals surface area contributed by atoms with Gasteiger partial charge in [0.05, 0.1) is 0 Å². The second-order valence-electron chi connectivity index (χ2n) is 6.31. The van der Waals surface area contributed by atoms with Crippen molar-refractivity contribution in [2.45, 2.75) is 13.5 Å². The van der Waals surface area contributed by atoms with Crippen molar-refractivity contribution in [2.75, 3.05) is 0 Å². The van der Waals surface area contributed by atoms with Crippen molar-refractivity contribution in [1.82, 2.24) is 0 Å². The molecule has 0 atom stereocenters. The van der Waals surface area contributed by atoms with Crippen LogP contribution in [0, 0.1) is 24.1 Å². The van der Waals surface area contributed by atoms with Gasteiger partial charge in [-0.2, -0.15) is 5.26 Å². The molecule has 138 valence electrons. The van der Waals surface area contributed by atoms with Crippen molar-refractivity contribution >= 4 is 11.9 Å². The first kappa shape index (κ1) is 19.1. The van der Waals surface area contributed by atoms with Crippen LogP contribution in [-0.2, 0) is 6.61 Å². The number of hydrogen-bond acceptors (Lipinski definition) is 3. The summed E-state index contributed by atoms with van der Waals surface area (Å²) in [5.41, 5.74) is 2.76. The summed E-state index contributed by atoms with van der Waals surface area (Å²) < 4.78 is 19.2. The van der Waals surface area contributed by atoms with Crippen LogP contribution in [0.5, 0.6) is 5.75 Å². The number of nitrogens with zero attached hydrogens (tertiary/aromatic N) is 1. The number of carbonyl (C=O) groups is 1. The number of benzene rings is 3. The third-order valence-electron chi connectivity index (χ3n) is 4.22. The van der Waals surface area contributed by atoms with Gasteiger partial charge < -0.3 is 4.74 Å². The van der Waals surface area contributed by atoms with Crippen LogP contribution in [0.2, 0.25) is 0 Å². The summed E-state index contributed by atoms with van der Waals surface area (Å²) in [6.45, 7) is 2.06. The highest BCUT2D eigenvalue weighted by Gasteiger charge is 2.12. The van der Waals surface area contributed by atoms with Crippen molar-refractivity contribution in [3.8, 4) is 11.8 Å². The molecule has 0 aromatic heterocycles. The quantitative estimate of drug-likeness (QED) is 0.326. The molecule has 0 amide bonds. The van der Waals surface area contributed by atoms with E-state index < -0.39 is 0 Å². The topological polar surface area (TPSA) is 50.1 Å². The Kier molecular flexibility index (Phi) is 5.98. The van der Waals surface area contributed by atoms with Crippen LogP contribution in [0.15, 0.2) is 78.4 Å². The Labute approximate surface area is 163 Å². The zero-order chi connectivity index (χ0) is 19.9. The molecule has 0 aliphatic rings. The fourth-order valence-corrected chi connectivity index (χ4v) is 2.61. The second kappa shape index (κ2) is 8.79. The molecule has 3 aromatic rings. The van der Waals surface area contributed by atoms with E-state index in [2.05, 4.69) is 0 Å². The highest BCUT2D eigenvalue weighted by Crippen LogP contribution is 2.18. The molecule has 3 nitrogen and oxygen atoms in total. The first-order valence-corrected chi connectivity index (χ1v) is 8.76. The summed E-state index contributed by atoms with van der Waals surface area (Å²) >= 11 is 0. The predicted octanol–water partition coefficient (Wildman–Crippen LogP) is 5.50. The number of hydrogen-bond donors (Lipinski definition) is 0. The van der Waals surface area contributed by atoms with E-state index in [-0.39, 0.29) is 23.8 Å². The second-order valence-corrected chi connectivity index (χ2v) is 6.31. The average Bonchev–Trinajstić information content (AvgIpc) is 2.72. The first-order valence-electron chi connectivity index (χ1n) is 8.76. The number of nitriles is 1. The molecule has 0 radical (unpaired) electrons. The normalized spacial score (nSPS) is 11.0. The molecule has 3 aromatic carbocycles. The highest BCUT2D eigenvalue weighted by molar-refractivity contribution is 6.14. The number of ether oxygens (including phenoxy) is 1. The molecule has 0 aliphatic carbocycles. The van der Waals surface area contributed by atoms with Gasteiger partial charge in [-0.1, -0.05) is 60.2 Å². The lowest BCUT2D eigenvalue weighted by Crippen LogP contribution is -2.02. The fraction of sp³-hybridized carbons (Fsp3) is 0.0833.